The first-order valence-corrected chi connectivity index (χ1v) is 11.2. The number of carbonyl (C=O) groups excluding carboxylic acids is 3. The molecule has 2 amide bonds. The molecule has 10 heteroatoms. The minimum atomic E-state index is -0.536. The number of amides is 2. The highest BCUT2D eigenvalue weighted by Crippen LogP contribution is 2.34. The molecular formula is C21H20N4O4S2. The Morgan fingerprint density at radius 3 is 2.45 bits per heavy atom. The summed E-state index contributed by atoms with van der Waals surface area (Å²) in [6, 6.07) is 10.6. The van der Waals surface area contributed by atoms with E-state index in [4.69, 9.17) is 4.74 Å². The number of rotatable bonds is 8. The number of aromatic nitrogens is 2. The third-order valence-corrected chi connectivity index (χ3v) is 6.06. The van der Waals surface area contributed by atoms with E-state index in [0.717, 1.165) is 11.3 Å². The van der Waals surface area contributed by atoms with Gasteiger partial charge in [0.15, 0.2) is 5.16 Å². The first-order valence-electron chi connectivity index (χ1n) is 9.36. The number of para-hydroxylation sites is 1. The van der Waals surface area contributed by atoms with Crippen molar-refractivity contribution in [3.05, 3.63) is 64.8 Å². The van der Waals surface area contributed by atoms with Crippen LogP contribution in [-0.4, -0.2) is 40.1 Å². The molecule has 160 valence electrons. The maximum absolute atomic E-state index is 13.0. The molecule has 0 aliphatic carbocycles. The molecule has 0 unspecified atom stereocenters. The van der Waals surface area contributed by atoms with Crippen LogP contribution in [0.25, 0.3) is 0 Å². The summed E-state index contributed by atoms with van der Waals surface area (Å²) in [4.78, 5) is 46.2. The number of nitrogens with one attached hydrogen (secondary N) is 2. The summed E-state index contributed by atoms with van der Waals surface area (Å²) in [5.74, 6) is -1.26. The van der Waals surface area contributed by atoms with Crippen molar-refractivity contribution < 1.29 is 19.1 Å². The smallest absolute Gasteiger partial charge is 0.348 e. The molecule has 2 N–H and O–H groups in total. The van der Waals surface area contributed by atoms with Gasteiger partial charge in [0.25, 0.3) is 5.91 Å². The molecule has 0 aliphatic rings. The summed E-state index contributed by atoms with van der Waals surface area (Å²) in [6.07, 6.45) is 3.18. The van der Waals surface area contributed by atoms with Crippen molar-refractivity contribution in [2.75, 3.05) is 23.0 Å². The second-order valence-electron chi connectivity index (χ2n) is 6.17. The predicted molar refractivity (Wildman–Crippen MR) is 121 cm³/mol. The van der Waals surface area contributed by atoms with Gasteiger partial charge in [-0.1, -0.05) is 30.0 Å². The molecular weight excluding hydrogens is 436 g/mol. The fraction of sp³-hybridized carbons (Fsp3) is 0.190. The molecule has 0 fully saturated rings. The van der Waals surface area contributed by atoms with Gasteiger partial charge in [0, 0.05) is 18.1 Å². The average molecular weight is 457 g/mol. The quantitative estimate of drug-likeness (QED) is 0.299. The lowest BCUT2D eigenvalue weighted by atomic mass is 10.1. The van der Waals surface area contributed by atoms with E-state index < -0.39 is 11.9 Å². The van der Waals surface area contributed by atoms with Crippen LogP contribution < -0.4 is 10.6 Å². The van der Waals surface area contributed by atoms with Crippen molar-refractivity contribution in [1.29, 1.82) is 0 Å². The minimum absolute atomic E-state index is 0.0510. The number of hydrogen-bond donors (Lipinski definition) is 2. The molecule has 0 saturated carbocycles. The van der Waals surface area contributed by atoms with Gasteiger partial charge >= 0.3 is 5.97 Å². The number of carbonyl (C=O) groups is 3. The third kappa shape index (κ3) is 5.89. The van der Waals surface area contributed by atoms with Crippen LogP contribution in [0.2, 0.25) is 0 Å². The van der Waals surface area contributed by atoms with E-state index in [1.165, 1.54) is 11.8 Å². The second kappa shape index (κ2) is 10.7. The number of nitrogens with zero attached hydrogens (tertiary/aromatic N) is 2. The van der Waals surface area contributed by atoms with Crippen molar-refractivity contribution in [3.63, 3.8) is 0 Å². The molecule has 2 aromatic heterocycles. The minimum Gasteiger partial charge on any atom is -0.462 e. The maximum Gasteiger partial charge on any atom is 0.348 e. The third-order valence-electron chi connectivity index (χ3n) is 3.99. The van der Waals surface area contributed by atoms with E-state index in [1.54, 1.807) is 56.6 Å². The molecule has 0 saturated heterocycles. The Balaban J connectivity index is 1.82. The SMILES string of the molecule is CCOC(=O)c1sc(NC(=O)CSc2ncccn2)c(C(=O)Nc2ccccc2)c1C. The highest BCUT2D eigenvalue weighted by Gasteiger charge is 2.26. The summed E-state index contributed by atoms with van der Waals surface area (Å²) >= 11 is 2.18. The van der Waals surface area contributed by atoms with Crippen LogP contribution in [-0.2, 0) is 9.53 Å². The van der Waals surface area contributed by atoms with Crippen LogP contribution in [0.15, 0.2) is 53.9 Å². The van der Waals surface area contributed by atoms with Gasteiger partial charge in [-0.3, -0.25) is 9.59 Å². The zero-order valence-corrected chi connectivity index (χ0v) is 18.5. The van der Waals surface area contributed by atoms with E-state index >= 15 is 0 Å². The number of thiophene rings is 1. The van der Waals surface area contributed by atoms with Crippen LogP contribution in [0.4, 0.5) is 10.7 Å². The number of anilines is 2. The Morgan fingerprint density at radius 1 is 1.06 bits per heavy atom. The van der Waals surface area contributed by atoms with Crippen LogP contribution in [0.3, 0.4) is 0 Å². The average Bonchev–Trinajstić information content (AvgIpc) is 3.09. The Labute approximate surface area is 187 Å². The fourth-order valence-electron chi connectivity index (χ4n) is 2.63. The lowest BCUT2D eigenvalue weighted by Gasteiger charge is -2.08. The van der Waals surface area contributed by atoms with Crippen molar-refractivity contribution in [2.24, 2.45) is 0 Å². The predicted octanol–water partition coefficient (Wildman–Crippen LogP) is 4.01. The van der Waals surface area contributed by atoms with E-state index in [9.17, 15) is 14.4 Å². The standard InChI is InChI=1S/C21H20N4O4S2/c1-3-29-20(28)17-13(2)16(18(27)24-14-8-5-4-6-9-14)19(31-17)25-15(26)12-30-21-22-10-7-11-23-21/h4-11H,3,12H2,1-2H3,(H,24,27)(H,25,26). The van der Waals surface area contributed by atoms with Gasteiger partial charge in [-0.05, 0) is 37.6 Å². The lowest BCUT2D eigenvalue weighted by Crippen LogP contribution is -2.18. The van der Waals surface area contributed by atoms with Crippen molar-refractivity contribution in [1.82, 2.24) is 9.97 Å². The lowest BCUT2D eigenvalue weighted by molar-refractivity contribution is -0.113. The fourth-order valence-corrected chi connectivity index (χ4v) is 4.35. The summed E-state index contributed by atoms with van der Waals surface area (Å²) in [5, 5.41) is 6.29. The topological polar surface area (TPSA) is 110 Å². The molecule has 0 bridgehead atoms. The molecule has 0 aliphatic heterocycles. The molecule has 1 aromatic carbocycles. The number of benzene rings is 1. The van der Waals surface area contributed by atoms with E-state index in [0.29, 0.717) is 16.4 Å². The van der Waals surface area contributed by atoms with Crippen LogP contribution in [0, 0.1) is 6.92 Å². The molecule has 3 aromatic rings. The Morgan fingerprint density at radius 2 is 1.77 bits per heavy atom. The molecule has 0 radical (unpaired) electrons. The molecule has 8 nitrogen and oxygen atoms in total. The van der Waals surface area contributed by atoms with Gasteiger partial charge in [-0.2, -0.15) is 0 Å². The second-order valence-corrected chi connectivity index (χ2v) is 8.13. The van der Waals surface area contributed by atoms with E-state index in [1.807, 2.05) is 6.07 Å². The Kier molecular flexibility index (Phi) is 7.74. The summed E-state index contributed by atoms with van der Waals surface area (Å²) in [5.41, 5.74) is 1.28. The maximum atomic E-state index is 13.0. The van der Waals surface area contributed by atoms with Crippen molar-refractivity contribution in [3.8, 4) is 0 Å². The molecule has 0 spiro atoms. The zero-order valence-electron chi connectivity index (χ0n) is 16.9. The first kappa shape index (κ1) is 22.4. The normalized spacial score (nSPS) is 10.4. The van der Waals surface area contributed by atoms with Gasteiger partial charge < -0.3 is 15.4 Å². The van der Waals surface area contributed by atoms with Crippen LogP contribution >= 0.6 is 23.1 Å². The van der Waals surface area contributed by atoms with Gasteiger partial charge in [0.1, 0.15) is 9.88 Å². The highest BCUT2D eigenvalue weighted by molar-refractivity contribution is 7.99. The van der Waals surface area contributed by atoms with Crippen molar-refractivity contribution >= 4 is 51.6 Å². The largest absolute Gasteiger partial charge is 0.462 e. The Bertz CT molecular complexity index is 1070. The number of esters is 1. The number of ether oxygens (including phenoxy) is 1. The van der Waals surface area contributed by atoms with Gasteiger partial charge in [0.2, 0.25) is 5.91 Å². The van der Waals surface area contributed by atoms with Gasteiger partial charge in [0.05, 0.1) is 17.9 Å². The summed E-state index contributed by atoms with van der Waals surface area (Å²) < 4.78 is 5.09. The summed E-state index contributed by atoms with van der Waals surface area (Å²) in [7, 11) is 0. The molecule has 31 heavy (non-hydrogen) atoms. The monoisotopic (exact) mass is 456 g/mol. The van der Waals surface area contributed by atoms with Gasteiger partial charge in [-0.15, -0.1) is 11.3 Å². The summed E-state index contributed by atoms with van der Waals surface area (Å²) in [6.45, 7) is 3.57. The zero-order chi connectivity index (χ0) is 22.2. The van der Waals surface area contributed by atoms with Crippen LogP contribution in [0.5, 0.6) is 0 Å². The Hall–Kier alpha value is -3.24. The highest BCUT2D eigenvalue weighted by atomic mass is 32.2. The van der Waals surface area contributed by atoms with Crippen LogP contribution in [0.1, 0.15) is 32.5 Å². The molecule has 3 rings (SSSR count). The number of thioether (sulfide) groups is 1. The molecule has 0 atom stereocenters. The molecule has 2 heterocycles. The van der Waals surface area contributed by atoms with Crippen molar-refractivity contribution in [2.45, 2.75) is 19.0 Å². The van der Waals surface area contributed by atoms with Gasteiger partial charge in [-0.25, -0.2) is 14.8 Å². The van der Waals surface area contributed by atoms with E-state index in [-0.39, 0.29) is 33.7 Å². The van der Waals surface area contributed by atoms with E-state index in [2.05, 4.69) is 20.6 Å². The first-order chi connectivity index (χ1) is 15.0. The number of hydrogen-bond acceptors (Lipinski definition) is 8.